The van der Waals surface area contributed by atoms with E-state index in [-0.39, 0.29) is 0 Å². The number of benzene rings is 1. The van der Waals surface area contributed by atoms with Crippen LogP contribution in [-0.4, -0.2) is 14.8 Å². The fourth-order valence-electron chi connectivity index (χ4n) is 1.93. The zero-order valence-electron chi connectivity index (χ0n) is 10.4. The summed E-state index contributed by atoms with van der Waals surface area (Å²) in [5.41, 5.74) is 9.40. The van der Waals surface area contributed by atoms with Gasteiger partial charge in [0.05, 0.1) is 30.3 Å². The summed E-state index contributed by atoms with van der Waals surface area (Å²) in [5, 5.41) is 4.36. The van der Waals surface area contributed by atoms with Gasteiger partial charge < -0.3 is 5.73 Å². The molecule has 0 radical (unpaired) electrons. The highest BCUT2D eigenvalue weighted by molar-refractivity contribution is 5.58. The maximum Gasteiger partial charge on any atom is 0.0735 e. The van der Waals surface area contributed by atoms with Crippen molar-refractivity contribution in [2.24, 2.45) is 0 Å². The zero-order valence-corrected chi connectivity index (χ0v) is 10.4. The lowest BCUT2D eigenvalue weighted by Gasteiger charge is -2.01. The molecule has 0 saturated heterocycles. The minimum absolute atomic E-state index is 0.667. The molecule has 0 atom stereocenters. The largest absolute Gasteiger partial charge is 0.397 e. The second-order valence-corrected chi connectivity index (χ2v) is 4.39. The van der Waals surface area contributed by atoms with Crippen LogP contribution in [0.2, 0.25) is 0 Å². The lowest BCUT2D eigenvalue weighted by Crippen LogP contribution is -1.99. The Bertz CT molecular complexity index is 656. The molecular formula is C15H14N4. The van der Waals surface area contributed by atoms with Gasteiger partial charge in [-0.05, 0) is 17.7 Å². The average Bonchev–Trinajstić information content (AvgIpc) is 2.89. The average molecular weight is 250 g/mol. The molecule has 3 rings (SSSR count). The lowest BCUT2D eigenvalue weighted by atomic mass is 10.2. The maximum absolute atomic E-state index is 5.63. The molecule has 0 bridgehead atoms. The van der Waals surface area contributed by atoms with Gasteiger partial charge >= 0.3 is 0 Å². The molecule has 0 amide bonds. The molecule has 2 heterocycles. The Balaban J connectivity index is 1.82. The summed E-state index contributed by atoms with van der Waals surface area (Å²) in [6.45, 7) is 0.760. The number of pyridine rings is 1. The predicted octanol–water partition coefficient (Wildman–Crippen LogP) is 2.58. The first-order valence-electron chi connectivity index (χ1n) is 6.09. The number of aromatic nitrogens is 3. The van der Waals surface area contributed by atoms with E-state index >= 15 is 0 Å². The minimum atomic E-state index is 0.667. The monoisotopic (exact) mass is 250 g/mol. The van der Waals surface area contributed by atoms with Crippen LogP contribution in [-0.2, 0) is 6.54 Å². The molecule has 0 spiro atoms. The number of nitrogens with two attached hydrogens (primary N) is 1. The Morgan fingerprint density at radius 1 is 1.00 bits per heavy atom. The molecule has 0 aliphatic rings. The summed E-state index contributed by atoms with van der Waals surface area (Å²) < 4.78 is 1.91. The third-order valence-corrected chi connectivity index (χ3v) is 2.90. The lowest BCUT2D eigenvalue weighted by molar-refractivity contribution is 0.687. The Labute approximate surface area is 111 Å². The fraction of sp³-hybridized carbons (Fsp3) is 0.0667. The predicted molar refractivity (Wildman–Crippen MR) is 75.4 cm³/mol. The van der Waals surface area contributed by atoms with Gasteiger partial charge in [0.25, 0.3) is 0 Å². The SMILES string of the molecule is Nc1ccc(-c2cnn(Cc3ccccc3)c2)nc1. The van der Waals surface area contributed by atoms with Crippen LogP contribution in [0.3, 0.4) is 0 Å². The fourth-order valence-corrected chi connectivity index (χ4v) is 1.93. The third-order valence-electron chi connectivity index (χ3n) is 2.90. The summed E-state index contributed by atoms with van der Waals surface area (Å²) in [5.74, 6) is 0. The Morgan fingerprint density at radius 2 is 1.84 bits per heavy atom. The van der Waals surface area contributed by atoms with Crippen LogP contribution in [0.5, 0.6) is 0 Å². The van der Waals surface area contributed by atoms with Crippen molar-refractivity contribution >= 4 is 5.69 Å². The van der Waals surface area contributed by atoms with Crippen molar-refractivity contribution in [2.45, 2.75) is 6.54 Å². The first-order valence-corrected chi connectivity index (χ1v) is 6.09. The molecule has 0 aliphatic heterocycles. The summed E-state index contributed by atoms with van der Waals surface area (Å²) >= 11 is 0. The van der Waals surface area contributed by atoms with Crippen LogP contribution in [0.25, 0.3) is 11.3 Å². The smallest absolute Gasteiger partial charge is 0.0735 e. The van der Waals surface area contributed by atoms with Crippen molar-refractivity contribution in [1.82, 2.24) is 14.8 Å². The quantitative estimate of drug-likeness (QED) is 0.777. The molecule has 1 aromatic carbocycles. The van der Waals surface area contributed by atoms with E-state index < -0.39 is 0 Å². The van der Waals surface area contributed by atoms with Crippen LogP contribution < -0.4 is 5.73 Å². The molecule has 4 heteroatoms. The van der Waals surface area contributed by atoms with E-state index in [9.17, 15) is 0 Å². The van der Waals surface area contributed by atoms with Crippen molar-refractivity contribution < 1.29 is 0 Å². The molecular weight excluding hydrogens is 236 g/mol. The van der Waals surface area contributed by atoms with Gasteiger partial charge in [-0.25, -0.2) is 0 Å². The van der Waals surface area contributed by atoms with Gasteiger partial charge in [-0.3, -0.25) is 9.67 Å². The molecule has 0 unspecified atom stereocenters. The minimum Gasteiger partial charge on any atom is -0.397 e. The van der Waals surface area contributed by atoms with Gasteiger partial charge in [-0.15, -0.1) is 0 Å². The number of nitrogen functional groups attached to an aromatic ring is 1. The van der Waals surface area contributed by atoms with Gasteiger partial charge in [-0.1, -0.05) is 30.3 Å². The number of rotatable bonds is 3. The highest BCUT2D eigenvalue weighted by atomic mass is 15.3. The van der Waals surface area contributed by atoms with Crippen molar-refractivity contribution in [1.29, 1.82) is 0 Å². The van der Waals surface area contributed by atoms with Gasteiger partial charge in [0, 0.05) is 11.8 Å². The second-order valence-electron chi connectivity index (χ2n) is 4.39. The molecule has 0 saturated carbocycles. The molecule has 94 valence electrons. The van der Waals surface area contributed by atoms with Gasteiger partial charge in [0.1, 0.15) is 0 Å². The van der Waals surface area contributed by atoms with Gasteiger partial charge in [-0.2, -0.15) is 5.10 Å². The van der Waals surface area contributed by atoms with E-state index in [1.165, 1.54) is 5.56 Å². The van der Waals surface area contributed by atoms with E-state index in [4.69, 9.17) is 5.73 Å². The van der Waals surface area contributed by atoms with Crippen molar-refractivity contribution in [2.75, 3.05) is 5.73 Å². The summed E-state index contributed by atoms with van der Waals surface area (Å²) in [6, 6.07) is 14.0. The van der Waals surface area contributed by atoms with Crippen LogP contribution >= 0.6 is 0 Å². The second kappa shape index (κ2) is 4.94. The Kier molecular flexibility index (Phi) is 2.98. The molecule has 19 heavy (non-hydrogen) atoms. The molecule has 3 aromatic rings. The molecule has 0 fully saturated rings. The number of nitrogens with zero attached hydrogens (tertiary/aromatic N) is 3. The van der Waals surface area contributed by atoms with Crippen molar-refractivity contribution in [3.8, 4) is 11.3 Å². The Morgan fingerprint density at radius 3 is 2.58 bits per heavy atom. The van der Waals surface area contributed by atoms with E-state index in [1.54, 1.807) is 6.20 Å². The normalized spacial score (nSPS) is 10.5. The molecule has 0 aliphatic carbocycles. The van der Waals surface area contributed by atoms with Crippen molar-refractivity contribution in [3.05, 3.63) is 66.6 Å². The first kappa shape index (κ1) is 11.5. The molecule has 4 nitrogen and oxygen atoms in total. The maximum atomic E-state index is 5.63. The van der Waals surface area contributed by atoms with E-state index in [1.807, 2.05) is 47.4 Å². The highest BCUT2D eigenvalue weighted by Gasteiger charge is 2.03. The number of hydrogen-bond donors (Lipinski definition) is 1. The van der Waals surface area contributed by atoms with Crippen LogP contribution in [0.4, 0.5) is 5.69 Å². The van der Waals surface area contributed by atoms with E-state index in [0.717, 1.165) is 17.8 Å². The Hall–Kier alpha value is -2.62. The first-order chi connectivity index (χ1) is 9.31. The molecule has 2 N–H and O–H groups in total. The van der Waals surface area contributed by atoms with Crippen molar-refractivity contribution in [3.63, 3.8) is 0 Å². The van der Waals surface area contributed by atoms with Crippen LogP contribution in [0.15, 0.2) is 61.1 Å². The number of hydrogen-bond acceptors (Lipinski definition) is 3. The highest BCUT2D eigenvalue weighted by Crippen LogP contribution is 2.17. The topological polar surface area (TPSA) is 56.7 Å². The summed E-state index contributed by atoms with van der Waals surface area (Å²) in [4.78, 5) is 4.29. The standard InChI is InChI=1S/C15H14N4/c16-14-6-7-15(17-9-14)13-8-18-19(11-13)10-12-4-2-1-3-5-12/h1-9,11H,10,16H2. The zero-order chi connectivity index (χ0) is 13.1. The van der Waals surface area contributed by atoms with Gasteiger partial charge in [0.15, 0.2) is 0 Å². The van der Waals surface area contributed by atoms with Crippen LogP contribution in [0.1, 0.15) is 5.56 Å². The van der Waals surface area contributed by atoms with Crippen LogP contribution in [0, 0.1) is 0 Å². The summed E-state index contributed by atoms with van der Waals surface area (Å²) in [7, 11) is 0. The van der Waals surface area contributed by atoms with Gasteiger partial charge in [0.2, 0.25) is 0 Å². The van der Waals surface area contributed by atoms with E-state index in [0.29, 0.717) is 5.69 Å². The molecule has 2 aromatic heterocycles. The third kappa shape index (κ3) is 2.63. The summed E-state index contributed by atoms with van der Waals surface area (Å²) in [6.07, 6.45) is 5.47. The number of anilines is 1. The van der Waals surface area contributed by atoms with E-state index in [2.05, 4.69) is 22.2 Å².